The molecule has 8 atom stereocenters. The van der Waals surface area contributed by atoms with Crippen LogP contribution in [-0.2, 0) is 23.9 Å². The fourth-order valence-corrected chi connectivity index (χ4v) is 9.10. The molecule has 4 aliphatic carbocycles. The van der Waals surface area contributed by atoms with Crippen molar-refractivity contribution in [3.8, 4) is 0 Å². The summed E-state index contributed by atoms with van der Waals surface area (Å²) in [5.41, 5.74) is -4.89. The van der Waals surface area contributed by atoms with Crippen molar-refractivity contribution >= 4 is 17.7 Å². The van der Waals surface area contributed by atoms with Crippen LogP contribution in [-0.4, -0.2) is 62.6 Å². The fourth-order valence-electron chi connectivity index (χ4n) is 9.10. The molecule has 0 aliphatic heterocycles. The summed E-state index contributed by atoms with van der Waals surface area (Å²) >= 11 is 0. The number of hydrogen-bond donors (Lipinski definition) is 3. The number of fused-ring (bicyclic) bond motifs is 5. The van der Waals surface area contributed by atoms with Crippen molar-refractivity contribution in [2.24, 2.45) is 29.1 Å². The predicted octanol–water partition coefficient (Wildman–Crippen LogP) is 7.53. The van der Waals surface area contributed by atoms with Gasteiger partial charge >= 0.3 is 11.9 Å². The molecular formula is C44H60O8. The molecule has 2 fully saturated rings. The normalized spacial score (nSPS) is 33.9. The molecule has 3 N–H and O–H groups in total. The van der Waals surface area contributed by atoms with Gasteiger partial charge in [-0.05, 0) is 63.0 Å². The molecule has 0 saturated heterocycles. The molecule has 52 heavy (non-hydrogen) atoms. The van der Waals surface area contributed by atoms with Crippen LogP contribution >= 0.6 is 0 Å². The molecule has 8 nitrogen and oxygen atoms in total. The minimum absolute atomic E-state index is 0.0912. The summed E-state index contributed by atoms with van der Waals surface area (Å²) < 4.78 is 12.3. The van der Waals surface area contributed by atoms with E-state index < -0.39 is 76.3 Å². The first kappa shape index (κ1) is 41.2. The highest BCUT2D eigenvalue weighted by molar-refractivity contribution is 6.04. The standard InChI is InChI=1S/C44H60O8/c1-7-8-9-10-11-12-13-14-15-16-17-18-19-20-21-22-23-24-25-26-37(47)51-40-32(3)43(50)35(38-41(5,6)44(38,40)52-33(4)46)28-34(30-45)29-42(49)36(43)27-31(2)39(42)48/h8-9,11-12,14-15,17-18,20-21,23-24,27-28,32,35-36,38,40,45,49-50H,7,10,13,16,19,22,25-26,29-30H2,1-6H3/b9-8-,12-11-,15-14-,18-17-,21-20-,24-23-/t32-,35+,36-,38-,40-,42-,43-,44-/m1/s1. The molecule has 0 radical (unpaired) electrons. The Kier molecular flexibility index (Phi) is 13.8. The van der Waals surface area contributed by atoms with Gasteiger partial charge in [-0.3, -0.25) is 14.4 Å². The highest BCUT2D eigenvalue weighted by atomic mass is 16.6. The third-order valence-electron chi connectivity index (χ3n) is 11.6. The van der Waals surface area contributed by atoms with E-state index in [2.05, 4.69) is 67.7 Å². The van der Waals surface area contributed by atoms with Crippen molar-refractivity contribution in [2.45, 2.75) is 122 Å². The minimum atomic E-state index is -1.96. The first-order chi connectivity index (χ1) is 24.7. The number of esters is 2. The van der Waals surface area contributed by atoms with E-state index in [-0.39, 0.29) is 12.8 Å². The first-order valence-electron chi connectivity index (χ1n) is 19.0. The van der Waals surface area contributed by atoms with E-state index in [1.807, 2.05) is 26.0 Å². The number of rotatable bonds is 17. The summed E-state index contributed by atoms with van der Waals surface area (Å²) in [6.45, 7) is 10.2. The van der Waals surface area contributed by atoms with Crippen LogP contribution in [0.3, 0.4) is 0 Å². The monoisotopic (exact) mass is 716 g/mol. The SMILES string of the molecule is CC/C=C\C/C=C\C/C=C\C/C=C\C/C=C\C/C=C\CCC(=O)O[C@@H]1[C@@H](C)[C@@]2(O)[C@@H](C=C(CO)C[C@]3(O)C(=O)C(C)=C[C@@H]23)[C@@H]2C(C)(C)[C@]12OC(C)=O. The Morgan fingerprint density at radius 2 is 1.38 bits per heavy atom. The maximum atomic E-state index is 13.4. The lowest BCUT2D eigenvalue weighted by atomic mass is 9.59. The van der Waals surface area contributed by atoms with Crippen LogP contribution in [0.2, 0.25) is 0 Å². The molecule has 0 spiro atoms. The van der Waals surface area contributed by atoms with E-state index >= 15 is 0 Å². The molecule has 0 heterocycles. The number of ketones is 1. The smallest absolute Gasteiger partial charge is 0.306 e. The van der Waals surface area contributed by atoms with Crippen LogP contribution in [0.15, 0.2) is 96.2 Å². The molecule has 284 valence electrons. The molecule has 0 amide bonds. The average molecular weight is 717 g/mol. The molecule has 0 bridgehead atoms. The van der Waals surface area contributed by atoms with Gasteiger partial charge in [0, 0.05) is 48.9 Å². The first-order valence-corrected chi connectivity index (χ1v) is 19.0. The number of ether oxygens (including phenoxy) is 2. The van der Waals surface area contributed by atoms with Gasteiger partial charge in [0.15, 0.2) is 11.4 Å². The zero-order valence-corrected chi connectivity index (χ0v) is 31.9. The third kappa shape index (κ3) is 8.14. The zero-order chi connectivity index (χ0) is 38.2. The van der Waals surface area contributed by atoms with Gasteiger partial charge in [0.1, 0.15) is 11.7 Å². The van der Waals surface area contributed by atoms with Gasteiger partial charge in [-0.15, -0.1) is 0 Å². The molecule has 0 aromatic rings. The van der Waals surface area contributed by atoms with Crippen molar-refractivity contribution in [1.29, 1.82) is 0 Å². The lowest BCUT2D eigenvalue weighted by Gasteiger charge is -2.53. The fraction of sp³-hybridized carbons (Fsp3) is 0.568. The van der Waals surface area contributed by atoms with Gasteiger partial charge in [0.25, 0.3) is 0 Å². The van der Waals surface area contributed by atoms with E-state index in [1.165, 1.54) is 6.92 Å². The Balaban J connectivity index is 1.35. The number of hydrogen-bond acceptors (Lipinski definition) is 8. The summed E-state index contributed by atoms with van der Waals surface area (Å²) in [6, 6.07) is 0. The summed E-state index contributed by atoms with van der Waals surface area (Å²) in [5.74, 6) is -4.56. The highest BCUT2D eigenvalue weighted by Crippen LogP contribution is 2.77. The van der Waals surface area contributed by atoms with E-state index in [0.717, 1.165) is 38.5 Å². The van der Waals surface area contributed by atoms with E-state index in [9.17, 15) is 29.7 Å². The quantitative estimate of drug-likeness (QED) is 0.104. The second kappa shape index (κ2) is 17.5. The number of carbonyl (C=O) groups excluding carboxylic acids is 3. The molecule has 0 aromatic carbocycles. The van der Waals surface area contributed by atoms with Crippen molar-refractivity contribution in [2.75, 3.05) is 6.61 Å². The van der Waals surface area contributed by atoms with Crippen molar-refractivity contribution in [1.82, 2.24) is 0 Å². The molecular weight excluding hydrogens is 656 g/mol. The lowest BCUT2D eigenvalue weighted by molar-refractivity contribution is -0.228. The van der Waals surface area contributed by atoms with Gasteiger partial charge in [0.05, 0.1) is 12.2 Å². The summed E-state index contributed by atoms with van der Waals surface area (Å²) in [5, 5.41) is 34.9. The van der Waals surface area contributed by atoms with Crippen LogP contribution in [0.4, 0.5) is 0 Å². The van der Waals surface area contributed by atoms with Gasteiger partial charge < -0.3 is 24.8 Å². The Morgan fingerprint density at radius 3 is 1.88 bits per heavy atom. The van der Waals surface area contributed by atoms with Gasteiger partial charge in [-0.25, -0.2) is 0 Å². The van der Waals surface area contributed by atoms with Crippen LogP contribution in [0, 0.1) is 29.1 Å². The average Bonchev–Trinajstić information content (AvgIpc) is 3.52. The summed E-state index contributed by atoms with van der Waals surface area (Å²) in [6.07, 6.45) is 33.8. The lowest BCUT2D eigenvalue weighted by Crippen LogP contribution is -2.66. The topological polar surface area (TPSA) is 130 Å². The maximum absolute atomic E-state index is 13.4. The molecule has 4 rings (SSSR count). The predicted molar refractivity (Wildman–Crippen MR) is 204 cm³/mol. The van der Waals surface area contributed by atoms with Crippen molar-refractivity contribution in [3.05, 3.63) is 96.2 Å². The largest absolute Gasteiger partial charge is 0.458 e. The number of carbonyl (C=O) groups is 3. The molecule has 8 heteroatoms. The van der Waals surface area contributed by atoms with Gasteiger partial charge in [0.2, 0.25) is 0 Å². The second-order valence-electron chi connectivity index (χ2n) is 15.4. The number of aliphatic hydroxyl groups excluding tert-OH is 1. The molecule has 4 aliphatic rings. The summed E-state index contributed by atoms with van der Waals surface area (Å²) in [7, 11) is 0. The number of aliphatic hydroxyl groups is 3. The van der Waals surface area contributed by atoms with E-state index in [4.69, 9.17) is 9.47 Å². The van der Waals surface area contributed by atoms with Gasteiger partial charge in [-0.2, -0.15) is 0 Å². The Morgan fingerprint density at radius 1 is 0.865 bits per heavy atom. The third-order valence-corrected chi connectivity index (χ3v) is 11.6. The molecule has 2 saturated carbocycles. The van der Waals surface area contributed by atoms with E-state index in [0.29, 0.717) is 17.6 Å². The Labute approximate surface area is 310 Å². The molecule has 0 aromatic heterocycles. The summed E-state index contributed by atoms with van der Waals surface area (Å²) in [4.78, 5) is 39.3. The highest BCUT2D eigenvalue weighted by Gasteiger charge is 2.87. The molecule has 0 unspecified atom stereocenters. The van der Waals surface area contributed by atoms with Crippen LogP contribution < -0.4 is 0 Å². The van der Waals surface area contributed by atoms with Crippen molar-refractivity contribution < 1.29 is 39.2 Å². The van der Waals surface area contributed by atoms with Crippen LogP contribution in [0.5, 0.6) is 0 Å². The number of Topliss-reactive ketones (excluding diaryl/α,β-unsaturated/α-hetero) is 1. The Hall–Kier alpha value is -3.59. The van der Waals surface area contributed by atoms with Crippen molar-refractivity contribution in [3.63, 3.8) is 0 Å². The van der Waals surface area contributed by atoms with E-state index in [1.54, 1.807) is 26.0 Å². The van der Waals surface area contributed by atoms with Crippen LogP contribution in [0.1, 0.15) is 99.3 Å². The Bertz CT molecular complexity index is 1550. The second-order valence-corrected chi connectivity index (χ2v) is 15.4. The maximum Gasteiger partial charge on any atom is 0.306 e. The number of allylic oxidation sites excluding steroid dienone is 12. The zero-order valence-electron chi connectivity index (χ0n) is 31.9. The van der Waals surface area contributed by atoms with Gasteiger partial charge in [-0.1, -0.05) is 113 Å². The minimum Gasteiger partial charge on any atom is -0.458 e. The van der Waals surface area contributed by atoms with Crippen LogP contribution in [0.25, 0.3) is 0 Å².